The van der Waals surface area contributed by atoms with Crippen LogP contribution < -0.4 is 20.7 Å². The fraction of sp³-hybridized carbons (Fsp3) is 0.143. The first-order valence-electron chi connectivity index (χ1n) is 9.28. The fourth-order valence-corrected chi connectivity index (χ4v) is 2.59. The molecular weight excluding hydrogens is 416 g/mol. The summed E-state index contributed by atoms with van der Waals surface area (Å²) in [6, 6.07) is 10.8. The zero-order chi connectivity index (χ0) is 22.1. The van der Waals surface area contributed by atoms with Gasteiger partial charge in [0.15, 0.2) is 0 Å². The quantitative estimate of drug-likeness (QED) is 0.215. The second-order valence-corrected chi connectivity index (χ2v) is 6.66. The minimum absolute atomic E-state index is 0.288. The van der Waals surface area contributed by atoms with Gasteiger partial charge in [-0.15, -0.1) is 12.6 Å². The predicted molar refractivity (Wildman–Crippen MR) is 123 cm³/mol. The van der Waals surface area contributed by atoms with Gasteiger partial charge in [0.1, 0.15) is 12.4 Å². The third kappa shape index (κ3) is 6.69. The Morgan fingerprint density at radius 1 is 1.10 bits per heavy atom. The molecule has 3 rings (SSSR count). The van der Waals surface area contributed by atoms with Crippen molar-refractivity contribution >= 4 is 47.4 Å². The average Bonchev–Trinajstić information content (AvgIpc) is 2.77. The van der Waals surface area contributed by atoms with Gasteiger partial charge >= 0.3 is 0 Å². The molecule has 0 aliphatic heterocycles. The van der Waals surface area contributed by atoms with Crippen LogP contribution in [0.3, 0.4) is 0 Å². The number of carbonyl (C=O) groups excluding carboxylic acids is 1. The standard InChI is InChI=1S/C21H22N6O3S/c1-3-18(28)24-14-5-4-6-15(11-14)25-20-17(31)13-23-21(27-20)26-16-7-8-19(22-12-16)30-10-9-29-2/h3-8,11-13,31H,1,9-10H2,2H3,(H,24,28)(H2,23,25,26,27). The first kappa shape index (κ1) is 22.1. The summed E-state index contributed by atoms with van der Waals surface area (Å²) >= 11 is 4.41. The topological polar surface area (TPSA) is 110 Å². The summed E-state index contributed by atoms with van der Waals surface area (Å²) in [4.78, 5) is 25.0. The highest BCUT2D eigenvalue weighted by molar-refractivity contribution is 7.80. The van der Waals surface area contributed by atoms with Gasteiger partial charge < -0.3 is 25.4 Å². The van der Waals surface area contributed by atoms with Crippen LogP contribution >= 0.6 is 12.6 Å². The number of nitrogens with one attached hydrogen (secondary N) is 3. The number of thiol groups is 1. The Morgan fingerprint density at radius 3 is 2.68 bits per heavy atom. The van der Waals surface area contributed by atoms with Crippen LogP contribution in [0, 0.1) is 0 Å². The monoisotopic (exact) mass is 438 g/mol. The lowest BCUT2D eigenvalue weighted by Gasteiger charge is -2.12. The minimum Gasteiger partial charge on any atom is -0.475 e. The van der Waals surface area contributed by atoms with Gasteiger partial charge in [0.2, 0.25) is 17.7 Å². The van der Waals surface area contributed by atoms with Crippen molar-refractivity contribution in [1.82, 2.24) is 15.0 Å². The van der Waals surface area contributed by atoms with Gasteiger partial charge in [-0.25, -0.2) is 9.97 Å². The van der Waals surface area contributed by atoms with E-state index in [-0.39, 0.29) is 5.91 Å². The molecule has 0 aliphatic rings. The Labute approximate surface area is 185 Å². The van der Waals surface area contributed by atoms with Crippen molar-refractivity contribution in [2.45, 2.75) is 4.90 Å². The van der Waals surface area contributed by atoms with Gasteiger partial charge in [-0.1, -0.05) is 12.6 Å². The zero-order valence-electron chi connectivity index (χ0n) is 16.8. The predicted octanol–water partition coefficient (Wildman–Crippen LogP) is 3.80. The molecule has 0 unspecified atom stereocenters. The number of rotatable bonds is 10. The van der Waals surface area contributed by atoms with Crippen LogP contribution in [0.15, 0.2) is 66.3 Å². The van der Waals surface area contributed by atoms with Crippen LogP contribution in [0.2, 0.25) is 0 Å². The van der Waals surface area contributed by atoms with Gasteiger partial charge in [-0.05, 0) is 30.3 Å². The third-order valence-electron chi connectivity index (χ3n) is 3.88. The summed E-state index contributed by atoms with van der Waals surface area (Å²) in [5, 5.41) is 8.98. The number of pyridine rings is 1. The molecule has 3 N–H and O–H groups in total. The third-order valence-corrected chi connectivity index (χ3v) is 4.20. The number of ether oxygens (including phenoxy) is 2. The molecule has 3 aromatic rings. The second kappa shape index (κ2) is 11.0. The van der Waals surface area contributed by atoms with Crippen molar-refractivity contribution in [2.24, 2.45) is 0 Å². The Kier molecular flexibility index (Phi) is 7.79. The van der Waals surface area contributed by atoms with E-state index in [1.165, 1.54) is 6.08 Å². The van der Waals surface area contributed by atoms with Crippen molar-refractivity contribution in [3.8, 4) is 5.88 Å². The molecule has 0 saturated heterocycles. The number of nitrogens with zero attached hydrogens (tertiary/aromatic N) is 3. The van der Waals surface area contributed by atoms with E-state index < -0.39 is 0 Å². The maximum absolute atomic E-state index is 11.5. The molecule has 0 fully saturated rings. The zero-order valence-corrected chi connectivity index (χ0v) is 17.7. The summed E-state index contributed by atoms with van der Waals surface area (Å²) in [7, 11) is 1.61. The lowest BCUT2D eigenvalue weighted by Crippen LogP contribution is -2.07. The molecule has 0 bridgehead atoms. The highest BCUT2D eigenvalue weighted by Gasteiger charge is 2.07. The number of hydrogen-bond donors (Lipinski definition) is 4. The van der Waals surface area contributed by atoms with E-state index in [1.807, 2.05) is 18.2 Å². The summed E-state index contributed by atoms with van der Waals surface area (Å²) in [5.74, 6) is 1.08. The van der Waals surface area contributed by atoms with Gasteiger partial charge in [-0.2, -0.15) is 4.98 Å². The molecular formula is C21H22N6O3S. The highest BCUT2D eigenvalue weighted by atomic mass is 32.1. The molecule has 0 aliphatic carbocycles. The molecule has 0 atom stereocenters. The number of hydrogen-bond acceptors (Lipinski definition) is 9. The van der Waals surface area contributed by atoms with E-state index in [2.05, 4.69) is 50.1 Å². The van der Waals surface area contributed by atoms with E-state index in [9.17, 15) is 4.79 Å². The van der Waals surface area contributed by atoms with Crippen LogP contribution in [0.25, 0.3) is 0 Å². The van der Waals surface area contributed by atoms with E-state index in [1.54, 1.807) is 37.7 Å². The number of methoxy groups -OCH3 is 1. The van der Waals surface area contributed by atoms with Gasteiger partial charge in [-0.3, -0.25) is 4.79 Å². The largest absolute Gasteiger partial charge is 0.475 e. The average molecular weight is 439 g/mol. The highest BCUT2D eigenvalue weighted by Crippen LogP contribution is 2.25. The summed E-state index contributed by atoms with van der Waals surface area (Å²) in [5.41, 5.74) is 2.05. The number of amides is 1. The van der Waals surface area contributed by atoms with Gasteiger partial charge in [0.25, 0.3) is 0 Å². The van der Waals surface area contributed by atoms with Crippen molar-refractivity contribution in [3.63, 3.8) is 0 Å². The Hall–Kier alpha value is -3.63. The fourth-order valence-electron chi connectivity index (χ4n) is 2.43. The molecule has 9 nitrogen and oxygen atoms in total. The maximum atomic E-state index is 11.5. The van der Waals surface area contributed by atoms with E-state index in [0.29, 0.717) is 47.1 Å². The van der Waals surface area contributed by atoms with Crippen molar-refractivity contribution < 1.29 is 14.3 Å². The molecule has 0 radical (unpaired) electrons. The van der Waals surface area contributed by atoms with Crippen LogP contribution in [-0.4, -0.2) is 41.2 Å². The van der Waals surface area contributed by atoms with E-state index >= 15 is 0 Å². The molecule has 160 valence electrons. The van der Waals surface area contributed by atoms with E-state index in [0.717, 1.165) is 5.69 Å². The molecule has 2 aromatic heterocycles. The number of aromatic nitrogens is 3. The Balaban J connectivity index is 1.68. The Morgan fingerprint density at radius 2 is 1.94 bits per heavy atom. The van der Waals surface area contributed by atoms with Crippen LogP contribution in [0.1, 0.15) is 0 Å². The van der Waals surface area contributed by atoms with Crippen molar-refractivity contribution in [2.75, 3.05) is 36.3 Å². The minimum atomic E-state index is -0.288. The molecule has 1 amide bonds. The maximum Gasteiger partial charge on any atom is 0.247 e. The molecule has 10 heteroatoms. The molecule has 0 spiro atoms. The SMILES string of the molecule is C=CC(=O)Nc1cccc(Nc2nc(Nc3ccc(OCCOC)nc3)ncc2S)c1. The molecule has 0 saturated carbocycles. The first-order chi connectivity index (χ1) is 15.1. The molecule has 2 heterocycles. The first-order valence-corrected chi connectivity index (χ1v) is 9.73. The Bertz CT molecular complexity index is 1050. The normalized spacial score (nSPS) is 10.3. The van der Waals surface area contributed by atoms with Gasteiger partial charge in [0.05, 0.1) is 23.4 Å². The van der Waals surface area contributed by atoms with Crippen molar-refractivity contribution in [3.05, 3.63) is 61.4 Å². The number of benzene rings is 1. The molecule has 31 heavy (non-hydrogen) atoms. The number of carbonyl (C=O) groups is 1. The molecule has 1 aromatic carbocycles. The second-order valence-electron chi connectivity index (χ2n) is 6.18. The van der Waals surface area contributed by atoms with Gasteiger partial charge in [0, 0.05) is 30.7 Å². The lowest BCUT2D eigenvalue weighted by atomic mass is 10.2. The smallest absolute Gasteiger partial charge is 0.247 e. The number of anilines is 5. The lowest BCUT2D eigenvalue weighted by molar-refractivity contribution is -0.111. The summed E-state index contributed by atoms with van der Waals surface area (Å²) in [6.07, 6.45) is 4.42. The van der Waals surface area contributed by atoms with Crippen LogP contribution in [0.4, 0.5) is 28.8 Å². The van der Waals surface area contributed by atoms with Crippen LogP contribution in [-0.2, 0) is 9.53 Å². The van der Waals surface area contributed by atoms with Crippen molar-refractivity contribution in [1.29, 1.82) is 0 Å². The van der Waals surface area contributed by atoms with Crippen LogP contribution in [0.5, 0.6) is 5.88 Å². The summed E-state index contributed by atoms with van der Waals surface area (Å²) in [6.45, 7) is 4.36. The summed E-state index contributed by atoms with van der Waals surface area (Å²) < 4.78 is 10.4. The van der Waals surface area contributed by atoms with E-state index in [4.69, 9.17) is 9.47 Å².